The third kappa shape index (κ3) is 4.42. The van der Waals surface area contributed by atoms with Crippen molar-refractivity contribution in [3.8, 4) is 22.5 Å². The molecule has 4 aromatic rings. The number of hydrogen-bond donors (Lipinski definition) is 1. The van der Waals surface area contributed by atoms with Crippen LogP contribution in [0.15, 0.2) is 42.6 Å². The van der Waals surface area contributed by atoms with Gasteiger partial charge in [0.2, 0.25) is 5.82 Å². The minimum atomic E-state index is 0.571. The van der Waals surface area contributed by atoms with Gasteiger partial charge in [0, 0.05) is 30.2 Å². The molecule has 0 saturated carbocycles. The summed E-state index contributed by atoms with van der Waals surface area (Å²) in [4.78, 5) is 9.44. The number of nitrogens with one attached hydrogen (secondary N) is 1. The first-order valence-corrected chi connectivity index (χ1v) is 10.5. The van der Waals surface area contributed by atoms with Gasteiger partial charge in [-0.25, -0.2) is 9.67 Å². The average molecular weight is 403 g/mol. The first-order valence-electron chi connectivity index (χ1n) is 10.5. The highest BCUT2D eigenvalue weighted by Gasteiger charge is 2.13. The Morgan fingerprint density at radius 1 is 0.967 bits per heavy atom. The van der Waals surface area contributed by atoms with E-state index in [9.17, 15) is 0 Å². The van der Waals surface area contributed by atoms with E-state index in [4.69, 9.17) is 15.1 Å². The van der Waals surface area contributed by atoms with Gasteiger partial charge in [-0.15, -0.1) is 10.2 Å². The number of benzene rings is 1. The van der Waals surface area contributed by atoms with Crippen LogP contribution in [0.5, 0.6) is 0 Å². The highest BCUT2D eigenvalue weighted by atomic mass is 15.5. The van der Waals surface area contributed by atoms with Crippen LogP contribution in [0.25, 0.3) is 22.5 Å². The number of aromatic nitrogens is 8. The Kier molecular flexibility index (Phi) is 6.22. The van der Waals surface area contributed by atoms with Gasteiger partial charge in [-0.2, -0.15) is 10.3 Å². The van der Waals surface area contributed by atoms with Gasteiger partial charge >= 0.3 is 0 Å². The minimum absolute atomic E-state index is 0.571. The van der Waals surface area contributed by atoms with Crippen molar-refractivity contribution in [1.29, 1.82) is 0 Å². The molecule has 8 nitrogen and oxygen atoms in total. The first kappa shape index (κ1) is 19.9. The van der Waals surface area contributed by atoms with E-state index in [0.717, 1.165) is 66.1 Å². The topological polar surface area (TPSA) is 98.1 Å². The molecule has 0 unspecified atom stereocenters. The summed E-state index contributed by atoms with van der Waals surface area (Å²) >= 11 is 0. The van der Waals surface area contributed by atoms with E-state index < -0.39 is 0 Å². The summed E-state index contributed by atoms with van der Waals surface area (Å²) in [5.41, 5.74) is 3.91. The molecule has 3 heterocycles. The second-order valence-corrected chi connectivity index (χ2v) is 7.27. The largest absolute Gasteiger partial charge is 0.259 e. The molecule has 0 aliphatic heterocycles. The van der Waals surface area contributed by atoms with Crippen LogP contribution in [-0.2, 0) is 19.4 Å². The van der Waals surface area contributed by atoms with Crippen molar-refractivity contribution >= 4 is 0 Å². The number of aryl methyl sites for hydroxylation is 2. The van der Waals surface area contributed by atoms with Crippen LogP contribution in [0.1, 0.15) is 50.5 Å². The van der Waals surface area contributed by atoms with E-state index in [-0.39, 0.29) is 0 Å². The standard InChI is InChI=1S/C22H26N8/c1-3-5-11-21-24-20(8-4-2)27-30(21)15-17-13-12-16(14-23-17)18-9-6-7-10-19(18)22-25-28-29-26-22/h6-7,9-10,12-14H,3-5,8,11,15H2,1-2H3,(H,25,26,28,29). The maximum atomic E-state index is 4.74. The second kappa shape index (κ2) is 9.39. The number of unbranched alkanes of at least 4 members (excludes halogenated alkanes) is 1. The summed E-state index contributed by atoms with van der Waals surface area (Å²) in [5, 5.41) is 19.1. The van der Waals surface area contributed by atoms with Crippen molar-refractivity contribution in [2.75, 3.05) is 0 Å². The van der Waals surface area contributed by atoms with Gasteiger partial charge in [0.25, 0.3) is 0 Å². The van der Waals surface area contributed by atoms with E-state index in [1.54, 1.807) is 0 Å². The van der Waals surface area contributed by atoms with Crippen LogP contribution in [-0.4, -0.2) is 40.4 Å². The molecule has 3 aromatic heterocycles. The van der Waals surface area contributed by atoms with Gasteiger partial charge in [-0.1, -0.05) is 50.6 Å². The number of rotatable bonds is 9. The normalized spacial score (nSPS) is 11.1. The maximum Gasteiger partial charge on any atom is 0.205 e. The molecule has 0 atom stereocenters. The maximum absolute atomic E-state index is 4.74. The Balaban J connectivity index is 1.57. The summed E-state index contributed by atoms with van der Waals surface area (Å²) in [6.07, 6.45) is 7.05. The molecule has 0 fully saturated rings. The minimum Gasteiger partial charge on any atom is -0.259 e. The zero-order chi connectivity index (χ0) is 20.8. The zero-order valence-corrected chi connectivity index (χ0v) is 17.4. The number of hydrogen-bond acceptors (Lipinski definition) is 6. The fourth-order valence-electron chi connectivity index (χ4n) is 3.44. The van der Waals surface area contributed by atoms with E-state index in [1.165, 1.54) is 0 Å². The molecule has 8 heteroatoms. The molecule has 154 valence electrons. The lowest BCUT2D eigenvalue weighted by molar-refractivity contribution is 0.605. The highest BCUT2D eigenvalue weighted by molar-refractivity contribution is 5.79. The van der Waals surface area contributed by atoms with Gasteiger partial charge in [-0.3, -0.25) is 4.98 Å². The molecular formula is C22H26N8. The smallest absolute Gasteiger partial charge is 0.205 e. The van der Waals surface area contributed by atoms with Gasteiger partial charge < -0.3 is 0 Å². The Bertz CT molecular complexity index is 1070. The van der Waals surface area contributed by atoms with Crippen LogP contribution < -0.4 is 0 Å². The van der Waals surface area contributed by atoms with Gasteiger partial charge in [0.05, 0.1) is 12.2 Å². The third-order valence-electron chi connectivity index (χ3n) is 4.98. The summed E-state index contributed by atoms with van der Waals surface area (Å²) in [7, 11) is 0. The molecule has 0 radical (unpaired) electrons. The summed E-state index contributed by atoms with van der Waals surface area (Å²) in [6, 6.07) is 12.1. The number of nitrogens with zero attached hydrogens (tertiary/aromatic N) is 7. The molecular weight excluding hydrogens is 376 g/mol. The van der Waals surface area contributed by atoms with Crippen molar-refractivity contribution in [1.82, 2.24) is 40.4 Å². The molecule has 0 amide bonds. The fraction of sp³-hybridized carbons (Fsp3) is 0.364. The summed E-state index contributed by atoms with van der Waals surface area (Å²) < 4.78 is 2.01. The van der Waals surface area contributed by atoms with E-state index in [0.29, 0.717) is 12.4 Å². The monoisotopic (exact) mass is 402 g/mol. The lowest BCUT2D eigenvalue weighted by atomic mass is 10.0. The van der Waals surface area contributed by atoms with E-state index in [2.05, 4.69) is 40.5 Å². The number of aromatic amines is 1. The number of pyridine rings is 1. The van der Waals surface area contributed by atoms with E-state index in [1.807, 2.05) is 41.2 Å². The average Bonchev–Trinajstić information content (AvgIpc) is 3.44. The van der Waals surface area contributed by atoms with Crippen LogP contribution >= 0.6 is 0 Å². The Labute approximate surface area is 175 Å². The van der Waals surface area contributed by atoms with Gasteiger partial charge in [-0.05, 0) is 29.7 Å². The first-order chi connectivity index (χ1) is 14.8. The quantitative estimate of drug-likeness (QED) is 0.456. The fourth-order valence-corrected chi connectivity index (χ4v) is 3.44. The van der Waals surface area contributed by atoms with Crippen molar-refractivity contribution in [3.05, 3.63) is 59.9 Å². The molecule has 4 rings (SSSR count). The van der Waals surface area contributed by atoms with Crippen LogP contribution in [0.2, 0.25) is 0 Å². The second-order valence-electron chi connectivity index (χ2n) is 7.27. The molecule has 0 aliphatic rings. The molecule has 0 spiro atoms. The highest BCUT2D eigenvalue weighted by Crippen LogP contribution is 2.29. The number of H-pyrrole nitrogens is 1. The van der Waals surface area contributed by atoms with Crippen molar-refractivity contribution in [2.24, 2.45) is 0 Å². The predicted molar refractivity (Wildman–Crippen MR) is 115 cm³/mol. The van der Waals surface area contributed by atoms with Crippen LogP contribution in [0.3, 0.4) is 0 Å². The molecule has 1 N–H and O–H groups in total. The van der Waals surface area contributed by atoms with Crippen LogP contribution in [0, 0.1) is 0 Å². The summed E-state index contributed by atoms with van der Waals surface area (Å²) in [5.74, 6) is 2.55. The molecule has 0 saturated heterocycles. The van der Waals surface area contributed by atoms with Crippen molar-refractivity contribution in [3.63, 3.8) is 0 Å². The summed E-state index contributed by atoms with van der Waals surface area (Å²) in [6.45, 7) is 4.97. The molecule has 30 heavy (non-hydrogen) atoms. The van der Waals surface area contributed by atoms with Gasteiger partial charge in [0.15, 0.2) is 5.82 Å². The molecule has 0 aliphatic carbocycles. The SMILES string of the molecule is CCCCc1nc(CCC)nn1Cc1ccc(-c2ccccc2-c2nn[nH]n2)cn1. The zero-order valence-electron chi connectivity index (χ0n) is 17.4. The number of tetrazole rings is 1. The lowest BCUT2D eigenvalue weighted by Gasteiger charge is -2.08. The Hall–Kier alpha value is -3.42. The van der Waals surface area contributed by atoms with Crippen molar-refractivity contribution < 1.29 is 0 Å². The lowest BCUT2D eigenvalue weighted by Crippen LogP contribution is -2.08. The predicted octanol–water partition coefficient (Wildman–Crippen LogP) is 3.86. The van der Waals surface area contributed by atoms with E-state index >= 15 is 0 Å². The Morgan fingerprint density at radius 3 is 2.53 bits per heavy atom. The third-order valence-corrected chi connectivity index (χ3v) is 4.98. The molecule has 0 bridgehead atoms. The molecule has 1 aromatic carbocycles. The van der Waals surface area contributed by atoms with Crippen LogP contribution in [0.4, 0.5) is 0 Å². The van der Waals surface area contributed by atoms with Crippen molar-refractivity contribution in [2.45, 2.75) is 52.5 Å². The van der Waals surface area contributed by atoms with Gasteiger partial charge in [0.1, 0.15) is 5.82 Å². The Morgan fingerprint density at radius 2 is 1.83 bits per heavy atom.